The van der Waals surface area contributed by atoms with Crippen LogP contribution in [-0.4, -0.2) is 56.1 Å². The summed E-state index contributed by atoms with van der Waals surface area (Å²) in [5.74, 6) is -1.05. The Kier molecular flexibility index (Phi) is 7.72. The van der Waals surface area contributed by atoms with E-state index in [-0.39, 0.29) is 18.5 Å². The number of methoxy groups -OCH3 is 2. The van der Waals surface area contributed by atoms with Crippen LogP contribution in [0, 0.1) is 5.82 Å². The molecule has 1 amide bonds. The summed E-state index contributed by atoms with van der Waals surface area (Å²) < 4.78 is 30.7. The maximum atomic E-state index is 13.5. The third kappa shape index (κ3) is 5.27. The first-order valence-electron chi connectivity index (χ1n) is 11.2. The van der Waals surface area contributed by atoms with Crippen molar-refractivity contribution in [2.45, 2.75) is 6.73 Å². The van der Waals surface area contributed by atoms with Crippen LogP contribution >= 0.6 is 0 Å². The highest BCUT2D eigenvalue weighted by Crippen LogP contribution is 2.32. The molecule has 3 aromatic carbocycles. The monoisotopic (exact) mass is 491 g/mol. The number of carbonyl (C=O) groups excluding carboxylic acids is 2. The molecule has 1 aromatic heterocycles. The molecule has 0 N–H and O–H groups in total. The highest BCUT2D eigenvalue weighted by atomic mass is 19.1. The quantitative estimate of drug-likeness (QED) is 0.253. The first kappa shape index (κ1) is 25.0. The van der Waals surface area contributed by atoms with Gasteiger partial charge in [-0.05, 0) is 66.7 Å². The molecule has 0 radical (unpaired) electrons. The minimum absolute atomic E-state index is 0.210. The van der Waals surface area contributed by atoms with E-state index in [2.05, 4.69) is 0 Å². The highest BCUT2D eigenvalue weighted by Gasteiger charge is 2.18. The van der Waals surface area contributed by atoms with Crippen molar-refractivity contribution in [2.75, 3.05) is 39.4 Å². The molecular formula is C27H26FN3O5. The molecule has 0 fully saturated rings. The number of fused-ring (bicyclic) bond motifs is 1. The summed E-state index contributed by atoms with van der Waals surface area (Å²) in [7, 11) is 4.58. The molecule has 4 rings (SSSR count). The van der Waals surface area contributed by atoms with Crippen molar-refractivity contribution in [3.8, 4) is 11.3 Å². The van der Waals surface area contributed by atoms with Crippen LogP contribution in [0.25, 0.3) is 22.2 Å². The number of aromatic nitrogens is 2. The number of halogens is 1. The molecule has 9 heteroatoms. The summed E-state index contributed by atoms with van der Waals surface area (Å²) in [6.07, 6.45) is 0. The van der Waals surface area contributed by atoms with Crippen LogP contribution in [0.4, 0.5) is 10.1 Å². The van der Waals surface area contributed by atoms with Gasteiger partial charge in [-0.15, -0.1) is 0 Å². The topological polar surface area (TPSA) is 82.9 Å². The molecule has 1 heterocycles. The van der Waals surface area contributed by atoms with Crippen molar-refractivity contribution in [1.29, 1.82) is 0 Å². The van der Waals surface area contributed by atoms with Crippen molar-refractivity contribution in [3.05, 3.63) is 83.7 Å². The standard InChI is InChI=1S/C27H26FN3O5/c1-30(26(32)19-4-6-20(7-5-19)27(33)35-3)22-12-13-24-23(16-22)25(18-8-10-21(28)11-9-18)29-31(24)17-36-15-14-34-2/h4-13,16H,14-15,17H2,1-3H3. The fraction of sp³-hybridized carbons (Fsp3) is 0.222. The lowest BCUT2D eigenvalue weighted by Gasteiger charge is -2.18. The lowest BCUT2D eigenvalue weighted by molar-refractivity contribution is 0.0309. The molecule has 0 aliphatic heterocycles. The fourth-order valence-electron chi connectivity index (χ4n) is 3.77. The minimum atomic E-state index is -0.468. The highest BCUT2D eigenvalue weighted by molar-refractivity contribution is 6.07. The molecule has 4 aromatic rings. The van der Waals surface area contributed by atoms with Crippen LogP contribution in [0.2, 0.25) is 0 Å². The molecule has 0 aliphatic rings. The van der Waals surface area contributed by atoms with E-state index in [1.54, 1.807) is 55.2 Å². The van der Waals surface area contributed by atoms with E-state index in [4.69, 9.17) is 19.3 Å². The molecule has 186 valence electrons. The predicted octanol–water partition coefficient (Wildman–Crippen LogP) is 4.53. The van der Waals surface area contributed by atoms with Gasteiger partial charge < -0.3 is 19.1 Å². The molecule has 8 nitrogen and oxygen atoms in total. The van der Waals surface area contributed by atoms with Gasteiger partial charge in [-0.3, -0.25) is 4.79 Å². The zero-order chi connectivity index (χ0) is 25.7. The first-order chi connectivity index (χ1) is 17.4. The molecule has 0 saturated heterocycles. The van der Waals surface area contributed by atoms with Gasteiger partial charge in [-0.25, -0.2) is 13.9 Å². The van der Waals surface area contributed by atoms with Crippen molar-refractivity contribution in [1.82, 2.24) is 9.78 Å². The van der Waals surface area contributed by atoms with Gasteiger partial charge in [0.05, 0.1) is 31.4 Å². The Hall–Kier alpha value is -4.08. The lowest BCUT2D eigenvalue weighted by atomic mass is 10.1. The van der Waals surface area contributed by atoms with Crippen LogP contribution in [-0.2, 0) is 20.9 Å². The Balaban J connectivity index is 1.68. The Morgan fingerprint density at radius 2 is 1.64 bits per heavy atom. The maximum Gasteiger partial charge on any atom is 0.337 e. The van der Waals surface area contributed by atoms with E-state index >= 15 is 0 Å². The number of anilines is 1. The van der Waals surface area contributed by atoms with Gasteiger partial charge in [0.2, 0.25) is 0 Å². The van der Waals surface area contributed by atoms with Crippen molar-refractivity contribution in [2.24, 2.45) is 0 Å². The van der Waals surface area contributed by atoms with Crippen molar-refractivity contribution >= 4 is 28.5 Å². The summed E-state index contributed by atoms with van der Waals surface area (Å²) in [5.41, 5.74) is 3.62. The third-order valence-electron chi connectivity index (χ3n) is 5.74. The van der Waals surface area contributed by atoms with Crippen LogP contribution in [0.5, 0.6) is 0 Å². The normalized spacial score (nSPS) is 11.0. The van der Waals surface area contributed by atoms with Gasteiger partial charge >= 0.3 is 5.97 Å². The summed E-state index contributed by atoms with van der Waals surface area (Å²) in [4.78, 5) is 26.3. The van der Waals surface area contributed by atoms with Gasteiger partial charge in [0, 0.05) is 36.4 Å². The van der Waals surface area contributed by atoms with E-state index in [0.717, 1.165) is 16.5 Å². The Labute approximate surface area is 207 Å². The predicted molar refractivity (Wildman–Crippen MR) is 133 cm³/mol. The van der Waals surface area contributed by atoms with Crippen LogP contribution < -0.4 is 4.90 Å². The van der Waals surface area contributed by atoms with Gasteiger partial charge in [0.1, 0.15) is 18.2 Å². The van der Waals surface area contributed by atoms with E-state index < -0.39 is 5.97 Å². The SMILES string of the molecule is COCCOCn1nc(-c2ccc(F)cc2)c2cc(N(C)C(=O)c3ccc(C(=O)OC)cc3)ccc21. The summed E-state index contributed by atoms with van der Waals surface area (Å²) >= 11 is 0. The molecule has 0 bridgehead atoms. The van der Waals surface area contributed by atoms with E-state index in [9.17, 15) is 14.0 Å². The minimum Gasteiger partial charge on any atom is -0.465 e. The van der Waals surface area contributed by atoms with E-state index in [1.165, 1.54) is 24.1 Å². The number of carbonyl (C=O) groups is 2. The molecular weight excluding hydrogens is 465 g/mol. The van der Waals surface area contributed by atoms with E-state index in [1.807, 2.05) is 18.2 Å². The van der Waals surface area contributed by atoms with Gasteiger partial charge in [0.25, 0.3) is 5.91 Å². The second-order valence-electron chi connectivity index (χ2n) is 8.02. The van der Waals surface area contributed by atoms with Crippen molar-refractivity contribution in [3.63, 3.8) is 0 Å². The second kappa shape index (κ2) is 11.1. The average molecular weight is 492 g/mol. The van der Waals surface area contributed by atoms with Crippen molar-refractivity contribution < 1.29 is 28.2 Å². The van der Waals surface area contributed by atoms with Gasteiger partial charge in [0.15, 0.2) is 0 Å². The molecule has 0 spiro atoms. The average Bonchev–Trinajstić information content (AvgIpc) is 3.28. The number of ether oxygens (including phenoxy) is 3. The number of rotatable bonds is 9. The molecule has 0 unspecified atom stereocenters. The second-order valence-corrected chi connectivity index (χ2v) is 8.02. The zero-order valence-corrected chi connectivity index (χ0v) is 20.2. The summed E-state index contributed by atoms with van der Waals surface area (Å²) in [6, 6.07) is 17.9. The fourth-order valence-corrected chi connectivity index (χ4v) is 3.77. The Bertz CT molecular complexity index is 1370. The van der Waals surface area contributed by atoms with Crippen LogP contribution in [0.1, 0.15) is 20.7 Å². The van der Waals surface area contributed by atoms with Crippen LogP contribution in [0.15, 0.2) is 66.7 Å². The third-order valence-corrected chi connectivity index (χ3v) is 5.74. The summed E-state index contributed by atoms with van der Waals surface area (Å²) in [6.45, 7) is 1.08. The van der Waals surface area contributed by atoms with E-state index in [0.29, 0.717) is 35.7 Å². The zero-order valence-electron chi connectivity index (χ0n) is 20.2. The van der Waals surface area contributed by atoms with Crippen LogP contribution in [0.3, 0.4) is 0 Å². The Morgan fingerprint density at radius 3 is 2.31 bits per heavy atom. The summed E-state index contributed by atoms with van der Waals surface area (Å²) in [5, 5.41) is 5.49. The molecule has 0 saturated carbocycles. The largest absolute Gasteiger partial charge is 0.465 e. The number of esters is 1. The number of hydrogen-bond donors (Lipinski definition) is 0. The molecule has 0 atom stereocenters. The lowest BCUT2D eigenvalue weighted by Crippen LogP contribution is -2.26. The molecule has 0 aliphatic carbocycles. The van der Waals surface area contributed by atoms with Gasteiger partial charge in [-0.1, -0.05) is 0 Å². The number of amides is 1. The van der Waals surface area contributed by atoms with Gasteiger partial charge in [-0.2, -0.15) is 5.10 Å². The smallest absolute Gasteiger partial charge is 0.337 e. The number of benzene rings is 3. The number of nitrogens with zero attached hydrogens (tertiary/aromatic N) is 3. The Morgan fingerprint density at radius 1 is 0.944 bits per heavy atom. The molecule has 36 heavy (non-hydrogen) atoms. The first-order valence-corrected chi connectivity index (χ1v) is 11.2. The maximum absolute atomic E-state index is 13.5. The number of hydrogen-bond acceptors (Lipinski definition) is 6.